The molecular formula is C31H35N3O4. The quantitative estimate of drug-likeness (QED) is 0.434. The van der Waals surface area contributed by atoms with E-state index in [0.717, 1.165) is 90.2 Å². The van der Waals surface area contributed by atoms with Gasteiger partial charge in [0, 0.05) is 43.7 Å². The summed E-state index contributed by atoms with van der Waals surface area (Å²) in [5, 5.41) is 13.6. The molecule has 5 fully saturated rings. The van der Waals surface area contributed by atoms with E-state index in [1.54, 1.807) is 0 Å². The summed E-state index contributed by atoms with van der Waals surface area (Å²) in [5.74, 6) is 3.15. The summed E-state index contributed by atoms with van der Waals surface area (Å²) in [7, 11) is 0. The summed E-state index contributed by atoms with van der Waals surface area (Å²) >= 11 is 0. The van der Waals surface area contributed by atoms with E-state index in [1.165, 1.54) is 24.2 Å². The van der Waals surface area contributed by atoms with Crippen LogP contribution < -0.4 is 5.32 Å². The van der Waals surface area contributed by atoms with E-state index >= 15 is 0 Å². The summed E-state index contributed by atoms with van der Waals surface area (Å²) in [6.45, 7) is 3.29. The molecule has 7 nitrogen and oxygen atoms in total. The van der Waals surface area contributed by atoms with Gasteiger partial charge in [-0.05, 0) is 86.1 Å². The lowest BCUT2D eigenvalue weighted by Gasteiger charge is -2.55. The highest BCUT2D eigenvalue weighted by Gasteiger charge is 2.54. The molecule has 2 amide bonds. The van der Waals surface area contributed by atoms with Gasteiger partial charge in [0.05, 0.1) is 11.1 Å². The normalized spacial score (nSPS) is 28.6. The fourth-order valence-electron chi connectivity index (χ4n) is 8.11. The zero-order chi connectivity index (χ0) is 25.9. The van der Waals surface area contributed by atoms with Gasteiger partial charge in [-0.1, -0.05) is 24.3 Å². The van der Waals surface area contributed by atoms with Crippen LogP contribution in [0.5, 0.6) is 0 Å². The number of furan rings is 1. The smallest absolute Gasteiger partial charge is 0.407 e. The molecule has 1 aromatic heterocycles. The van der Waals surface area contributed by atoms with Gasteiger partial charge in [-0.15, -0.1) is 0 Å². The Morgan fingerprint density at radius 2 is 1.61 bits per heavy atom. The van der Waals surface area contributed by atoms with E-state index in [0.29, 0.717) is 13.1 Å². The van der Waals surface area contributed by atoms with Crippen molar-refractivity contribution in [3.63, 3.8) is 0 Å². The lowest BCUT2D eigenvalue weighted by molar-refractivity contribution is -0.140. The molecule has 4 saturated carbocycles. The fraction of sp³-hybridized carbons (Fsp3) is 0.484. The maximum atomic E-state index is 13.7. The third-order valence-electron chi connectivity index (χ3n) is 9.59. The molecule has 5 aliphatic rings. The first kappa shape index (κ1) is 23.8. The van der Waals surface area contributed by atoms with Crippen molar-refractivity contribution in [3.8, 4) is 11.3 Å². The molecule has 1 aliphatic heterocycles. The zero-order valence-corrected chi connectivity index (χ0v) is 21.7. The molecule has 4 bridgehead atoms. The molecule has 38 heavy (non-hydrogen) atoms. The lowest BCUT2D eigenvalue weighted by atomic mass is 9.49. The van der Waals surface area contributed by atoms with Crippen LogP contribution in [-0.4, -0.2) is 53.1 Å². The number of rotatable bonds is 5. The van der Waals surface area contributed by atoms with Gasteiger partial charge in [0.2, 0.25) is 5.91 Å². The molecule has 3 aromatic rings. The SMILES string of the molecule is O=C(O)N1CCN(Cc2ccc3cc(-c4ccccc4NC(=O)C45CC6CC(CC(C6)C4)C5)oc3c2)CC1. The van der Waals surface area contributed by atoms with E-state index in [1.807, 2.05) is 24.3 Å². The second kappa shape index (κ2) is 9.16. The zero-order valence-electron chi connectivity index (χ0n) is 21.7. The van der Waals surface area contributed by atoms with Gasteiger partial charge >= 0.3 is 6.09 Å². The van der Waals surface area contributed by atoms with Gasteiger partial charge < -0.3 is 19.7 Å². The molecule has 0 atom stereocenters. The maximum absolute atomic E-state index is 13.7. The molecule has 1 saturated heterocycles. The number of nitrogens with zero attached hydrogens (tertiary/aromatic N) is 2. The lowest BCUT2D eigenvalue weighted by Crippen LogP contribution is -2.51. The number of fused-ring (bicyclic) bond motifs is 1. The average Bonchev–Trinajstić information content (AvgIpc) is 3.32. The van der Waals surface area contributed by atoms with Crippen LogP contribution >= 0.6 is 0 Å². The number of hydrogen-bond donors (Lipinski definition) is 2. The molecule has 0 spiro atoms. The predicted molar refractivity (Wildman–Crippen MR) is 146 cm³/mol. The first-order valence-electron chi connectivity index (χ1n) is 14.1. The first-order valence-corrected chi connectivity index (χ1v) is 14.1. The van der Waals surface area contributed by atoms with E-state index in [4.69, 9.17) is 4.42 Å². The predicted octanol–water partition coefficient (Wildman–Crippen LogP) is 6.05. The number of piperazine rings is 1. The third-order valence-corrected chi connectivity index (χ3v) is 9.59. The molecular weight excluding hydrogens is 478 g/mol. The highest BCUT2D eigenvalue weighted by atomic mass is 16.4. The van der Waals surface area contributed by atoms with Gasteiger partial charge in [-0.3, -0.25) is 9.69 Å². The number of amides is 2. The Labute approximate surface area is 222 Å². The van der Waals surface area contributed by atoms with Crippen LogP contribution in [0.2, 0.25) is 0 Å². The largest absolute Gasteiger partial charge is 0.465 e. The minimum Gasteiger partial charge on any atom is -0.465 e. The summed E-state index contributed by atoms with van der Waals surface area (Å²) in [4.78, 5) is 28.7. The maximum Gasteiger partial charge on any atom is 0.407 e. The van der Waals surface area contributed by atoms with Gasteiger partial charge in [0.15, 0.2) is 0 Å². The number of anilines is 1. The van der Waals surface area contributed by atoms with Gasteiger partial charge in [0.1, 0.15) is 11.3 Å². The molecule has 2 heterocycles. The number of benzene rings is 2. The van der Waals surface area contributed by atoms with E-state index < -0.39 is 6.09 Å². The molecule has 8 rings (SSSR count). The number of carboxylic acid groups (broad SMARTS) is 1. The van der Waals surface area contributed by atoms with E-state index in [-0.39, 0.29) is 11.3 Å². The highest BCUT2D eigenvalue weighted by molar-refractivity contribution is 5.99. The number of nitrogens with one attached hydrogen (secondary N) is 1. The van der Waals surface area contributed by atoms with Gasteiger partial charge in [-0.25, -0.2) is 4.79 Å². The summed E-state index contributed by atoms with van der Waals surface area (Å²) in [6, 6.07) is 16.3. The Balaban J connectivity index is 1.09. The monoisotopic (exact) mass is 513 g/mol. The molecule has 7 heteroatoms. The van der Waals surface area contributed by atoms with Crippen molar-refractivity contribution >= 4 is 28.7 Å². The van der Waals surface area contributed by atoms with Crippen LogP contribution in [0.4, 0.5) is 10.5 Å². The van der Waals surface area contributed by atoms with Gasteiger partial charge in [0.25, 0.3) is 0 Å². The van der Waals surface area contributed by atoms with E-state index in [2.05, 4.69) is 34.5 Å². The average molecular weight is 514 g/mol. The number of hydrogen-bond acceptors (Lipinski definition) is 4. The van der Waals surface area contributed by atoms with Crippen molar-refractivity contribution in [2.24, 2.45) is 23.2 Å². The molecule has 2 N–H and O–H groups in total. The van der Waals surface area contributed by atoms with Crippen LogP contribution in [0.3, 0.4) is 0 Å². The topological polar surface area (TPSA) is 86.0 Å². The van der Waals surface area contributed by atoms with E-state index in [9.17, 15) is 14.7 Å². The van der Waals surface area contributed by atoms with Crippen LogP contribution in [0.25, 0.3) is 22.3 Å². The van der Waals surface area contributed by atoms with Crippen molar-refractivity contribution in [2.75, 3.05) is 31.5 Å². The van der Waals surface area contributed by atoms with Gasteiger partial charge in [-0.2, -0.15) is 0 Å². The Morgan fingerprint density at radius 3 is 2.29 bits per heavy atom. The second-order valence-corrected chi connectivity index (χ2v) is 12.2. The minimum absolute atomic E-state index is 0.194. The Hall–Kier alpha value is -3.32. The Bertz CT molecular complexity index is 1350. The highest BCUT2D eigenvalue weighted by Crippen LogP contribution is 2.60. The second-order valence-electron chi connectivity index (χ2n) is 12.2. The van der Waals surface area contributed by atoms with Crippen LogP contribution in [0.15, 0.2) is 52.9 Å². The van der Waals surface area contributed by atoms with Crippen LogP contribution in [0, 0.1) is 23.2 Å². The van der Waals surface area contributed by atoms with Crippen molar-refractivity contribution in [1.82, 2.24) is 9.80 Å². The number of carbonyl (C=O) groups excluding carboxylic acids is 1. The van der Waals surface area contributed by atoms with Crippen molar-refractivity contribution < 1.29 is 19.1 Å². The molecule has 4 aliphatic carbocycles. The molecule has 2 aromatic carbocycles. The van der Waals surface area contributed by atoms with Crippen molar-refractivity contribution in [3.05, 3.63) is 54.1 Å². The number of para-hydroxylation sites is 1. The molecule has 198 valence electrons. The van der Waals surface area contributed by atoms with Crippen LogP contribution in [-0.2, 0) is 11.3 Å². The van der Waals surface area contributed by atoms with Crippen molar-refractivity contribution in [1.29, 1.82) is 0 Å². The molecule has 0 unspecified atom stereocenters. The minimum atomic E-state index is -0.844. The molecule has 0 radical (unpaired) electrons. The first-order chi connectivity index (χ1) is 18.4. The Kier molecular flexibility index (Phi) is 5.73. The third kappa shape index (κ3) is 4.27. The summed E-state index contributed by atoms with van der Waals surface area (Å²) in [6.07, 6.45) is 6.26. The summed E-state index contributed by atoms with van der Waals surface area (Å²) < 4.78 is 6.35. The standard InChI is InChI=1S/C31H35N3O4/c35-29(31-16-21-11-22(17-31)13-23(12-21)18-31)32-26-4-2-1-3-25(26)28-15-24-6-5-20(14-27(24)38-28)19-33-7-9-34(10-8-33)30(36)37/h1-6,14-15,21-23H,7-13,16-19H2,(H,32,35)(H,36,37). The Morgan fingerprint density at radius 1 is 0.921 bits per heavy atom. The van der Waals surface area contributed by atoms with Crippen LogP contribution in [0.1, 0.15) is 44.1 Å². The fourth-order valence-corrected chi connectivity index (χ4v) is 8.11. The van der Waals surface area contributed by atoms with Crippen molar-refractivity contribution in [2.45, 2.75) is 45.1 Å². The summed E-state index contributed by atoms with van der Waals surface area (Å²) in [5.41, 5.74) is 3.51. The number of carbonyl (C=O) groups is 2.